The third-order valence-corrected chi connectivity index (χ3v) is 6.54. The van der Waals surface area contributed by atoms with Crippen molar-refractivity contribution in [3.05, 3.63) is 45.8 Å². The number of carbonyl (C=O) groups is 2. The van der Waals surface area contributed by atoms with Crippen LogP contribution in [0, 0.1) is 11.3 Å². The fraction of sp³-hybridized carbons (Fsp3) is 0.400. The number of esters is 1. The summed E-state index contributed by atoms with van der Waals surface area (Å²) in [5.74, 6) is 0.0655. The smallest absolute Gasteiger partial charge is 0.331 e. The Balaban J connectivity index is 1.61. The first-order chi connectivity index (χ1) is 16.0. The van der Waals surface area contributed by atoms with Crippen LogP contribution in [0.5, 0.6) is 11.5 Å². The van der Waals surface area contributed by atoms with Crippen molar-refractivity contribution < 1.29 is 23.8 Å². The highest BCUT2D eigenvalue weighted by atomic mass is 32.1. The summed E-state index contributed by atoms with van der Waals surface area (Å²) < 4.78 is 16.0. The van der Waals surface area contributed by atoms with Crippen LogP contribution in [0.1, 0.15) is 54.7 Å². The molecule has 1 atom stereocenters. The van der Waals surface area contributed by atoms with Crippen molar-refractivity contribution in [2.75, 3.05) is 19.0 Å². The molecule has 0 saturated heterocycles. The van der Waals surface area contributed by atoms with Gasteiger partial charge in [-0.2, -0.15) is 5.26 Å². The first-order valence-corrected chi connectivity index (χ1v) is 11.8. The average Bonchev–Trinajstić information content (AvgIpc) is 2.96. The molecule has 1 unspecified atom stereocenters. The van der Waals surface area contributed by atoms with Crippen LogP contribution < -0.4 is 14.8 Å². The molecule has 0 spiro atoms. The molecule has 1 aromatic carbocycles. The number of aryl methyl sites for hydroxylation is 1. The Morgan fingerprint density at radius 2 is 2.03 bits per heavy atom. The molecule has 1 heterocycles. The third kappa shape index (κ3) is 6.14. The number of nitriles is 1. The van der Waals surface area contributed by atoms with Crippen LogP contribution in [0.4, 0.5) is 5.00 Å². The molecule has 7 nitrogen and oxygen atoms in total. The molecular weight excluding hydrogens is 440 g/mol. The molecule has 0 bridgehead atoms. The minimum absolute atomic E-state index is 0.465. The molecule has 0 saturated carbocycles. The Bertz CT molecular complexity index is 1080. The molecule has 174 valence electrons. The van der Waals surface area contributed by atoms with Crippen LogP contribution in [0.2, 0.25) is 0 Å². The summed E-state index contributed by atoms with van der Waals surface area (Å²) in [4.78, 5) is 26.0. The number of rotatable bonds is 8. The van der Waals surface area contributed by atoms with Crippen molar-refractivity contribution in [2.45, 2.75) is 52.1 Å². The minimum Gasteiger partial charge on any atom is -0.493 e. The van der Waals surface area contributed by atoms with Crippen LogP contribution in [-0.2, 0) is 27.2 Å². The maximum Gasteiger partial charge on any atom is 0.331 e. The molecule has 8 heteroatoms. The zero-order valence-electron chi connectivity index (χ0n) is 19.1. The predicted octanol–water partition coefficient (Wildman–Crippen LogP) is 4.88. The fourth-order valence-electron chi connectivity index (χ4n) is 3.66. The van der Waals surface area contributed by atoms with Crippen molar-refractivity contribution in [1.29, 1.82) is 5.26 Å². The maximum absolute atomic E-state index is 12.6. The second-order valence-corrected chi connectivity index (χ2v) is 8.73. The summed E-state index contributed by atoms with van der Waals surface area (Å²) in [5.41, 5.74) is 2.31. The fourth-order valence-corrected chi connectivity index (χ4v) is 4.90. The van der Waals surface area contributed by atoms with Crippen LogP contribution in [0.25, 0.3) is 6.08 Å². The number of carbonyl (C=O) groups excluding carboxylic acids is 2. The number of nitrogens with zero attached hydrogens (tertiary/aromatic N) is 1. The van der Waals surface area contributed by atoms with E-state index in [1.54, 1.807) is 31.4 Å². The number of hydrogen-bond donors (Lipinski definition) is 1. The molecule has 33 heavy (non-hydrogen) atoms. The molecule has 1 N–H and O–H groups in total. The van der Waals surface area contributed by atoms with Crippen molar-refractivity contribution in [2.24, 2.45) is 0 Å². The molecule has 0 aliphatic heterocycles. The van der Waals surface area contributed by atoms with Crippen molar-refractivity contribution in [1.82, 2.24) is 0 Å². The third-order valence-electron chi connectivity index (χ3n) is 5.33. The summed E-state index contributed by atoms with van der Waals surface area (Å²) in [6, 6.07) is 7.53. The van der Waals surface area contributed by atoms with Crippen LogP contribution >= 0.6 is 11.3 Å². The van der Waals surface area contributed by atoms with E-state index in [0.29, 0.717) is 28.7 Å². The Hall–Kier alpha value is -3.31. The zero-order chi connectivity index (χ0) is 23.8. The Morgan fingerprint density at radius 1 is 1.24 bits per heavy atom. The highest BCUT2D eigenvalue weighted by Gasteiger charge is 2.23. The van der Waals surface area contributed by atoms with Gasteiger partial charge in [-0.3, -0.25) is 4.79 Å². The number of methoxy groups -OCH3 is 1. The number of anilines is 1. The van der Waals surface area contributed by atoms with Gasteiger partial charge < -0.3 is 19.5 Å². The van der Waals surface area contributed by atoms with Crippen molar-refractivity contribution >= 4 is 34.3 Å². The van der Waals surface area contributed by atoms with Gasteiger partial charge in [-0.25, -0.2) is 4.79 Å². The molecular formula is C25H28N2O5S. The van der Waals surface area contributed by atoms with Crippen molar-refractivity contribution in [3.8, 4) is 17.6 Å². The summed E-state index contributed by atoms with van der Waals surface area (Å²) in [7, 11) is 1.54. The van der Waals surface area contributed by atoms with E-state index in [2.05, 4.69) is 11.4 Å². The number of benzene rings is 1. The van der Waals surface area contributed by atoms with E-state index >= 15 is 0 Å². The van der Waals surface area contributed by atoms with Gasteiger partial charge >= 0.3 is 5.97 Å². The van der Waals surface area contributed by atoms with E-state index < -0.39 is 18.0 Å². The van der Waals surface area contributed by atoms with E-state index in [1.165, 1.54) is 24.3 Å². The Morgan fingerprint density at radius 3 is 2.76 bits per heavy atom. The van der Waals surface area contributed by atoms with Gasteiger partial charge in [-0.05, 0) is 68.9 Å². The zero-order valence-corrected chi connectivity index (χ0v) is 19.9. The van der Waals surface area contributed by atoms with Gasteiger partial charge in [0.25, 0.3) is 5.91 Å². The van der Waals surface area contributed by atoms with Gasteiger partial charge in [0.15, 0.2) is 17.6 Å². The number of ether oxygens (including phenoxy) is 3. The monoisotopic (exact) mass is 468 g/mol. The second-order valence-electron chi connectivity index (χ2n) is 7.63. The molecule has 0 fully saturated rings. The molecule has 1 aliphatic rings. The quantitative estimate of drug-likeness (QED) is 0.337. The first kappa shape index (κ1) is 24.3. The lowest BCUT2D eigenvalue weighted by atomic mass is 10.1. The minimum atomic E-state index is -1.01. The largest absolute Gasteiger partial charge is 0.493 e. The SMILES string of the molecule is CCOc1ccc(/C=C/C(=O)OC(C)C(=O)Nc2sc3c(c2C#N)CCCCC3)cc1OC. The number of thiophene rings is 1. The number of amides is 1. The summed E-state index contributed by atoms with van der Waals surface area (Å²) in [6.45, 7) is 3.91. The number of hydrogen-bond acceptors (Lipinski definition) is 7. The summed E-state index contributed by atoms with van der Waals surface area (Å²) in [6.07, 6.45) is 6.90. The van der Waals surface area contributed by atoms with Gasteiger partial charge in [0.1, 0.15) is 11.1 Å². The normalized spacial score (nSPS) is 14.0. The van der Waals surface area contributed by atoms with Crippen LogP contribution in [-0.4, -0.2) is 31.7 Å². The maximum atomic E-state index is 12.6. The van der Waals surface area contributed by atoms with E-state index in [-0.39, 0.29) is 0 Å². The molecule has 1 aliphatic carbocycles. The molecule has 1 aromatic heterocycles. The lowest BCUT2D eigenvalue weighted by Crippen LogP contribution is -2.29. The summed E-state index contributed by atoms with van der Waals surface area (Å²) >= 11 is 1.45. The predicted molar refractivity (Wildman–Crippen MR) is 128 cm³/mol. The van der Waals surface area contributed by atoms with Gasteiger partial charge in [0, 0.05) is 11.0 Å². The highest BCUT2D eigenvalue weighted by Crippen LogP contribution is 2.37. The lowest BCUT2D eigenvalue weighted by molar-refractivity contribution is -0.148. The van der Waals surface area contributed by atoms with Gasteiger partial charge in [0.2, 0.25) is 0 Å². The van der Waals surface area contributed by atoms with E-state index in [1.807, 2.05) is 6.92 Å². The molecule has 0 radical (unpaired) electrons. The molecule has 2 aromatic rings. The summed E-state index contributed by atoms with van der Waals surface area (Å²) in [5, 5.41) is 12.9. The highest BCUT2D eigenvalue weighted by molar-refractivity contribution is 7.16. The topological polar surface area (TPSA) is 97.6 Å². The Labute approximate surface area is 198 Å². The average molecular weight is 469 g/mol. The van der Waals surface area contributed by atoms with E-state index in [9.17, 15) is 14.9 Å². The van der Waals surface area contributed by atoms with E-state index in [0.717, 1.165) is 48.1 Å². The second kappa shape index (κ2) is 11.5. The lowest BCUT2D eigenvalue weighted by Gasteiger charge is -2.12. The van der Waals surface area contributed by atoms with Gasteiger partial charge in [-0.15, -0.1) is 11.3 Å². The van der Waals surface area contributed by atoms with Crippen LogP contribution in [0.15, 0.2) is 24.3 Å². The van der Waals surface area contributed by atoms with Gasteiger partial charge in [-0.1, -0.05) is 12.5 Å². The van der Waals surface area contributed by atoms with E-state index in [4.69, 9.17) is 14.2 Å². The molecule has 3 rings (SSSR count). The number of fused-ring (bicyclic) bond motifs is 1. The molecule has 1 amide bonds. The Kier molecular flexibility index (Phi) is 8.50. The van der Waals surface area contributed by atoms with Crippen molar-refractivity contribution in [3.63, 3.8) is 0 Å². The van der Waals surface area contributed by atoms with Crippen LogP contribution in [0.3, 0.4) is 0 Å². The number of nitrogens with one attached hydrogen (secondary N) is 1. The standard InChI is InChI=1S/C25H28N2O5S/c1-4-31-20-12-10-17(14-21(20)30-3)11-13-23(28)32-16(2)24(29)27-25-19(15-26)18-8-6-5-7-9-22(18)33-25/h10-14,16H,4-9H2,1-3H3,(H,27,29)/b13-11+. The first-order valence-electron chi connectivity index (χ1n) is 11.0. The van der Waals surface area contributed by atoms with Gasteiger partial charge in [0.05, 0.1) is 19.3 Å².